The Bertz CT molecular complexity index is 263. The number of rotatable bonds is 4. The van der Waals surface area contributed by atoms with Gasteiger partial charge in [-0.25, -0.2) is 0 Å². The molecule has 0 bridgehead atoms. The van der Waals surface area contributed by atoms with Gasteiger partial charge in [0.15, 0.2) is 0 Å². The second-order valence-corrected chi connectivity index (χ2v) is 2.98. The van der Waals surface area contributed by atoms with Gasteiger partial charge in [0.1, 0.15) is 5.75 Å². The van der Waals surface area contributed by atoms with Crippen LogP contribution in [0.3, 0.4) is 0 Å². The lowest BCUT2D eigenvalue weighted by Crippen LogP contribution is -2.17. The first-order valence-corrected chi connectivity index (χ1v) is 4.26. The van der Waals surface area contributed by atoms with Crippen LogP contribution in [0.25, 0.3) is 0 Å². The van der Waals surface area contributed by atoms with Crippen LogP contribution in [0, 0.1) is 0 Å². The molecule has 1 rings (SSSR count). The van der Waals surface area contributed by atoms with Crippen LogP contribution in [0.2, 0.25) is 0 Å². The van der Waals surface area contributed by atoms with Crippen molar-refractivity contribution in [1.82, 2.24) is 0 Å². The van der Waals surface area contributed by atoms with Crippen LogP contribution in [0.1, 0.15) is 11.5 Å². The largest absolute Gasteiger partial charge is 0.508 e. The van der Waals surface area contributed by atoms with E-state index in [1.165, 1.54) is 0 Å². The number of ether oxygens (including phenoxy) is 1. The second-order valence-electron chi connectivity index (χ2n) is 2.98. The van der Waals surface area contributed by atoms with E-state index < -0.39 is 0 Å². The molecule has 1 unspecified atom stereocenters. The Hall–Kier alpha value is -1.06. The average molecular weight is 181 g/mol. The minimum absolute atomic E-state index is 0.164. The van der Waals surface area contributed by atoms with Gasteiger partial charge in [-0.2, -0.15) is 0 Å². The van der Waals surface area contributed by atoms with Gasteiger partial charge in [-0.3, -0.25) is 0 Å². The molecule has 0 radical (unpaired) electrons. The standard InChI is InChI=1S/C10H15NO2/c1-13-7-9(6-11)8-3-2-4-10(12)5-8/h2-5,9,12H,6-7,11H2,1H3. The van der Waals surface area contributed by atoms with Crippen LogP contribution in [-0.2, 0) is 4.74 Å². The Morgan fingerprint density at radius 1 is 1.54 bits per heavy atom. The molecule has 1 aromatic rings. The van der Waals surface area contributed by atoms with Gasteiger partial charge >= 0.3 is 0 Å². The smallest absolute Gasteiger partial charge is 0.115 e. The van der Waals surface area contributed by atoms with Crippen LogP contribution >= 0.6 is 0 Å². The van der Waals surface area contributed by atoms with Crippen molar-refractivity contribution in [2.75, 3.05) is 20.3 Å². The highest BCUT2D eigenvalue weighted by molar-refractivity contribution is 5.29. The van der Waals surface area contributed by atoms with Crippen molar-refractivity contribution in [1.29, 1.82) is 0 Å². The molecular weight excluding hydrogens is 166 g/mol. The van der Waals surface area contributed by atoms with Gasteiger partial charge in [-0.05, 0) is 17.7 Å². The number of nitrogens with two attached hydrogens (primary N) is 1. The molecule has 72 valence electrons. The van der Waals surface area contributed by atoms with E-state index in [-0.39, 0.29) is 11.7 Å². The molecular formula is C10H15NO2. The van der Waals surface area contributed by atoms with Crippen molar-refractivity contribution in [3.63, 3.8) is 0 Å². The Kier molecular flexibility index (Phi) is 3.73. The summed E-state index contributed by atoms with van der Waals surface area (Å²) in [5.74, 6) is 0.434. The maximum Gasteiger partial charge on any atom is 0.115 e. The topological polar surface area (TPSA) is 55.5 Å². The van der Waals surface area contributed by atoms with Crippen molar-refractivity contribution >= 4 is 0 Å². The molecule has 0 fully saturated rings. The summed E-state index contributed by atoms with van der Waals surface area (Å²) in [6, 6.07) is 7.11. The Morgan fingerprint density at radius 3 is 2.85 bits per heavy atom. The normalized spacial score (nSPS) is 12.8. The van der Waals surface area contributed by atoms with Crippen LogP contribution < -0.4 is 5.73 Å². The number of aromatic hydroxyl groups is 1. The summed E-state index contributed by atoms with van der Waals surface area (Å²) in [5, 5.41) is 9.24. The second kappa shape index (κ2) is 4.84. The minimum Gasteiger partial charge on any atom is -0.508 e. The van der Waals surface area contributed by atoms with Gasteiger partial charge in [-0.15, -0.1) is 0 Å². The lowest BCUT2D eigenvalue weighted by molar-refractivity contribution is 0.181. The third kappa shape index (κ3) is 2.72. The van der Waals surface area contributed by atoms with Crippen molar-refractivity contribution < 1.29 is 9.84 Å². The van der Waals surface area contributed by atoms with E-state index in [4.69, 9.17) is 10.5 Å². The lowest BCUT2D eigenvalue weighted by Gasteiger charge is -2.13. The van der Waals surface area contributed by atoms with Crippen LogP contribution in [0.5, 0.6) is 5.75 Å². The molecule has 1 aromatic carbocycles. The van der Waals surface area contributed by atoms with E-state index in [0.29, 0.717) is 13.2 Å². The monoisotopic (exact) mass is 181 g/mol. The first-order valence-electron chi connectivity index (χ1n) is 4.26. The number of hydrogen-bond donors (Lipinski definition) is 2. The van der Waals surface area contributed by atoms with E-state index in [9.17, 15) is 5.11 Å². The predicted molar refractivity (Wildman–Crippen MR) is 51.8 cm³/mol. The number of phenolic OH excluding ortho intramolecular Hbond substituents is 1. The van der Waals surface area contributed by atoms with E-state index in [1.807, 2.05) is 12.1 Å². The Morgan fingerprint density at radius 2 is 2.31 bits per heavy atom. The van der Waals surface area contributed by atoms with Crippen molar-refractivity contribution in [3.05, 3.63) is 29.8 Å². The fraction of sp³-hybridized carbons (Fsp3) is 0.400. The van der Waals surface area contributed by atoms with Crippen LogP contribution in [0.4, 0.5) is 0 Å². The van der Waals surface area contributed by atoms with E-state index in [0.717, 1.165) is 5.56 Å². The van der Waals surface area contributed by atoms with Gasteiger partial charge in [0.25, 0.3) is 0 Å². The Labute approximate surface area is 78.1 Å². The summed E-state index contributed by atoms with van der Waals surface area (Å²) in [5.41, 5.74) is 6.60. The predicted octanol–water partition coefficient (Wildman–Crippen LogP) is 1.08. The molecule has 0 saturated carbocycles. The molecule has 0 saturated heterocycles. The highest BCUT2D eigenvalue weighted by Gasteiger charge is 2.09. The highest BCUT2D eigenvalue weighted by Crippen LogP contribution is 2.19. The van der Waals surface area contributed by atoms with Gasteiger partial charge in [0.2, 0.25) is 0 Å². The van der Waals surface area contributed by atoms with E-state index in [1.54, 1.807) is 19.2 Å². The van der Waals surface area contributed by atoms with Gasteiger partial charge < -0.3 is 15.6 Å². The molecule has 0 aromatic heterocycles. The molecule has 0 aliphatic heterocycles. The van der Waals surface area contributed by atoms with Gasteiger partial charge in [-0.1, -0.05) is 12.1 Å². The summed E-state index contributed by atoms with van der Waals surface area (Å²) in [4.78, 5) is 0. The van der Waals surface area contributed by atoms with Gasteiger partial charge in [0, 0.05) is 19.6 Å². The van der Waals surface area contributed by atoms with Crippen LogP contribution in [0.15, 0.2) is 24.3 Å². The lowest BCUT2D eigenvalue weighted by atomic mass is 10.0. The number of phenols is 1. The first kappa shape index (κ1) is 10.0. The van der Waals surface area contributed by atoms with E-state index in [2.05, 4.69) is 0 Å². The fourth-order valence-electron chi connectivity index (χ4n) is 1.28. The fourth-order valence-corrected chi connectivity index (χ4v) is 1.28. The number of hydrogen-bond acceptors (Lipinski definition) is 3. The third-order valence-corrected chi connectivity index (χ3v) is 1.99. The molecule has 1 atom stereocenters. The summed E-state index contributed by atoms with van der Waals surface area (Å²) in [6.45, 7) is 1.11. The average Bonchev–Trinajstić information content (AvgIpc) is 2.14. The quantitative estimate of drug-likeness (QED) is 0.730. The SMILES string of the molecule is COCC(CN)c1cccc(O)c1. The molecule has 0 aliphatic carbocycles. The summed E-state index contributed by atoms with van der Waals surface area (Å²) < 4.78 is 5.03. The first-order chi connectivity index (χ1) is 6.27. The third-order valence-electron chi connectivity index (χ3n) is 1.99. The molecule has 0 aliphatic rings. The van der Waals surface area contributed by atoms with Gasteiger partial charge in [0.05, 0.1) is 6.61 Å². The molecule has 0 amide bonds. The minimum atomic E-state index is 0.164. The number of methoxy groups -OCH3 is 1. The summed E-state index contributed by atoms with van der Waals surface area (Å²) in [7, 11) is 1.64. The zero-order valence-electron chi connectivity index (χ0n) is 7.73. The maximum absolute atomic E-state index is 9.24. The van der Waals surface area contributed by atoms with Crippen molar-refractivity contribution in [2.45, 2.75) is 5.92 Å². The number of benzene rings is 1. The summed E-state index contributed by atoms with van der Waals surface area (Å²) >= 11 is 0. The molecule has 3 N–H and O–H groups in total. The molecule has 13 heavy (non-hydrogen) atoms. The Balaban J connectivity index is 2.78. The molecule has 0 spiro atoms. The van der Waals surface area contributed by atoms with Crippen molar-refractivity contribution in [2.24, 2.45) is 5.73 Å². The summed E-state index contributed by atoms with van der Waals surface area (Å²) in [6.07, 6.45) is 0. The zero-order valence-corrected chi connectivity index (χ0v) is 7.73. The zero-order chi connectivity index (χ0) is 9.68. The molecule has 3 heteroatoms. The van der Waals surface area contributed by atoms with Crippen LogP contribution in [-0.4, -0.2) is 25.4 Å². The maximum atomic E-state index is 9.24. The highest BCUT2D eigenvalue weighted by atomic mass is 16.5. The van der Waals surface area contributed by atoms with Crippen molar-refractivity contribution in [3.8, 4) is 5.75 Å². The molecule has 3 nitrogen and oxygen atoms in total. The van der Waals surface area contributed by atoms with E-state index >= 15 is 0 Å². The molecule has 0 heterocycles.